The van der Waals surface area contributed by atoms with Gasteiger partial charge in [-0.25, -0.2) is 19.9 Å². The van der Waals surface area contributed by atoms with Crippen LogP contribution in [0.3, 0.4) is 0 Å². The average molecular weight is 903 g/mol. The second kappa shape index (κ2) is 16.8. The van der Waals surface area contributed by atoms with Crippen molar-refractivity contribution in [1.29, 1.82) is 0 Å². The maximum Gasteiger partial charge on any atom is 0.161 e. The standard InChI is InChI=1S/C62H38N4S2/c1-4-17-39(18-5-1)48-36-49(38-50(37-48)58-56-52-30-11-13-32-54(52)68-62(56)66-60(64-58)41-21-8-3-9-22-41)46-27-15-25-44(34-46)42-23-14-24-43(33-42)45-26-16-28-47(35-45)57-55-51-29-10-12-31-53(51)67-61(55)65-59(63-57)40-19-6-2-7-20-40/h1-38H. The molecule has 4 nitrogen and oxygen atoms in total. The molecule has 0 N–H and O–H groups in total. The van der Waals surface area contributed by atoms with Gasteiger partial charge in [-0.3, -0.25) is 0 Å². The molecule has 0 radical (unpaired) electrons. The number of aromatic nitrogens is 4. The molecule has 0 saturated carbocycles. The highest BCUT2D eigenvalue weighted by atomic mass is 32.1. The lowest BCUT2D eigenvalue weighted by Crippen LogP contribution is -1.95. The van der Waals surface area contributed by atoms with Crippen molar-refractivity contribution in [2.45, 2.75) is 0 Å². The first kappa shape index (κ1) is 39.9. The van der Waals surface area contributed by atoms with Gasteiger partial charge >= 0.3 is 0 Å². The van der Waals surface area contributed by atoms with E-state index in [2.05, 4.69) is 194 Å². The van der Waals surface area contributed by atoms with E-state index in [4.69, 9.17) is 19.9 Å². The van der Waals surface area contributed by atoms with E-state index in [0.717, 1.165) is 110 Å². The Hall–Kier alpha value is -8.42. The Labute approximate surface area is 401 Å². The van der Waals surface area contributed by atoms with Crippen LogP contribution in [-0.2, 0) is 0 Å². The van der Waals surface area contributed by atoms with E-state index in [1.807, 2.05) is 36.4 Å². The summed E-state index contributed by atoms with van der Waals surface area (Å²) in [5.74, 6) is 1.46. The van der Waals surface area contributed by atoms with Crippen LogP contribution in [0.15, 0.2) is 231 Å². The highest BCUT2D eigenvalue weighted by molar-refractivity contribution is 7.26. The second-order valence-corrected chi connectivity index (χ2v) is 19.0. The topological polar surface area (TPSA) is 51.6 Å². The molecule has 0 aliphatic carbocycles. The minimum absolute atomic E-state index is 0.723. The highest BCUT2D eigenvalue weighted by Gasteiger charge is 2.20. The van der Waals surface area contributed by atoms with Crippen molar-refractivity contribution in [3.63, 3.8) is 0 Å². The number of benzene rings is 9. The molecule has 9 aromatic carbocycles. The summed E-state index contributed by atoms with van der Waals surface area (Å²) in [6.07, 6.45) is 0. The van der Waals surface area contributed by atoms with Crippen molar-refractivity contribution in [2.75, 3.05) is 0 Å². The van der Waals surface area contributed by atoms with Crippen molar-refractivity contribution < 1.29 is 0 Å². The normalized spacial score (nSPS) is 11.5. The Kier molecular flexibility index (Phi) is 9.85. The van der Waals surface area contributed by atoms with Crippen molar-refractivity contribution in [1.82, 2.24) is 19.9 Å². The molecule has 6 heteroatoms. The van der Waals surface area contributed by atoms with Gasteiger partial charge in [0.1, 0.15) is 9.66 Å². The maximum absolute atomic E-state index is 5.39. The summed E-state index contributed by atoms with van der Waals surface area (Å²) in [4.78, 5) is 22.9. The van der Waals surface area contributed by atoms with Gasteiger partial charge in [0, 0.05) is 53.2 Å². The highest BCUT2D eigenvalue weighted by Crippen LogP contribution is 2.43. The summed E-state index contributed by atoms with van der Waals surface area (Å²) in [6.45, 7) is 0. The van der Waals surface area contributed by atoms with Gasteiger partial charge in [-0.2, -0.15) is 0 Å². The second-order valence-electron chi connectivity index (χ2n) is 17.0. The van der Waals surface area contributed by atoms with Crippen molar-refractivity contribution in [3.8, 4) is 89.8 Å². The first-order valence-electron chi connectivity index (χ1n) is 22.7. The first-order chi connectivity index (χ1) is 33.7. The largest absolute Gasteiger partial charge is 0.227 e. The molecule has 0 saturated heterocycles. The van der Waals surface area contributed by atoms with Crippen LogP contribution in [0.25, 0.3) is 130 Å². The Morgan fingerprint density at radius 3 is 1.04 bits per heavy atom. The molecule has 0 amide bonds. The number of nitrogens with zero attached hydrogens (tertiary/aromatic N) is 4. The van der Waals surface area contributed by atoms with Crippen LogP contribution in [0, 0.1) is 0 Å². The molecule has 0 atom stereocenters. The zero-order valence-electron chi connectivity index (χ0n) is 36.5. The molecule has 4 aromatic heterocycles. The number of hydrogen-bond acceptors (Lipinski definition) is 6. The molecular weight excluding hydrogens is 865 g/mol. The van der Waals surface area contributed by atoms with E-state index in [1.54, 1.807) is 22.7 Å². The molecule has 0 unspecified atom stereocenters. The molecule has 318 valence electrons. The lowest BCUT2D eigenvalue weighted by Gasteiger charge is -2.14. The van der Waals surface area contributed by atoms with Crippen LogP contribution >= 0.6 is 22.7 Å². The van der Waals surface area contributed by atoms with Crippen molar-refractivity contribution in [3.05, 3.63) is 231 Å². The van der Waals surface area contributed by atoms with Gasteiger partial charge in [-0.05, 0) is 93.0 Å². The molecule has 0 spiro atoms. The van der Waals surface area contributed by atoms with E-state index >= 15 is 0 Å². The van der Waals surface area contributed by atoms with Crippen LogP contribution < -0.4 is 0 Å². The molecule has 0 aliphatic rings. The third-order valence-electron chi connectivity index (χ3n) is 12.7. The third-order valence-corrected chi connectivity index (χ3v) is 14.8. The van der Waals surface area contributed by atoms with Gasteiger partial charge in [0.05, 0.1) is 11.4 Å². The summed E-state index contributed by atoms with van der Waals surface area (Å²) in [5.41, 5.74) is 15.1. The van der Waals surface area contributed by atoms with Crippen molar-refractivity contribution >= 4 is 63.3 Å². The van der Waals surface area contributed by atoms with Crippen LogP contribution in [0.4, 0.5) is 0 Å². The fraction of sp³-hybridized carbons (Fsp3) is 0. The molecule has 0 aliphatic heterocycles. The molecule has 13 aromatic rings. The lowest BCUT2D eigenvalue weighted by molar-refractivity contribution is 1.24. The first-order valence-corrected chi connectivity index (χ1v) is 24.3. The SMILES string of the molecule is c1ccc(-c2cc(-c3cccc(-c4cccc(-c5cccc(-c6nc(-c7ccccc7)nc7sc8ccccc8c67)c5)c4)c3)cc(-c3nc(-c4ccccc4)nc4sc5ccccc5c34)c2)cc1. The third kappa shape index (κ3) is 7.24. The van der Waals surface area contributed by atoms with E-state index in [0.29, 0.717) is 0 Å². The summed E-state index contributed by atoms with van der Waals surface area (Å²) in [7, 11) is 0. The molecule has 13 rings (SSSR count). The van der Waals surface area contributed by atoms with Gasteiger partial charge in [0.2, 0.25) is 0 Å². The number of rotatable bonds is 8. The quantitative estimate of drug-likeness (QED) is 0.152. The van der Waals surface area contributed by atoms with E-state index in [9.17, 15) is 0 Å². The summed E-state index contributed by atoms with van der Waals surface area (Å²) < 4.78 is 2.40. The van der Waals surface area contributed by atoms with Gasteiger partial charge in [0.15, 0.2) is 11.6 Å². The molecule has 0 bridgehead atoms. The maximum atomic E-state index is 5.39. The minimum atomic E-state index is 0.723. The predicted octanol–water partition coefficient (Wildman–Crippen LogP) is 17.3. The van der Waals surface area contributed by atoms with E-state index < -0.39 is 0 Å². The monoisotopic (exact) mass is 902 g/mol. The zero-order chi connectivity index (χ0) is 45.0. The van der Waals surface area contributed by atoms with E-state index in [1.165, 1.54) is 20.2 Å². The van der Waals surface area contributed by atoms with Crippen molar-refractivity contribution in [2.24, 2.45) is 0 Å². The lowest BCUT2D eigenvalue weighted by atomic mass is 9.92. The predicted molar refractivity (Wildman–Crippen MR) is 287 cm³/mol. The van der Waals surface area contributed by atoms with Crippen LogP contribution in [0.2, 0.25) is 0 Å². The Balaban J connectivity index is 0.920. The average Bonchev–Trinajstić information content (AvgIpc) is 4.00. The van der Waals surface area contributed by atoms with Gasteiger partial charge in [-0.15, -0.1) is 22.7 Å². The summed E-state index contributed by atoms with van der Waals surface area (Å²) >= 11 is 3.45. The fourth-order valence-electron chi connectivity index (χ4n) is 9.43. The Bertz CT molecular complexity index is 4030. The zero-order valence-corrected chi connectivity index (χ0v) is 38.2. The van der Waals surface area contributed by atoms with Crippen LogP contribution in [0.1, 0.15) is 0 Å². The molecular formula is C62H38N4S2. The number of thiophene rings is 2. The van der Waals surface area contributed by atoms with Crippen LogP contribution in [-0.4, -0.2) is 19.9 Å². The Morgan fingerprint density at radius 2 is 0.559 bits per heavy atom. The molecule has 68 heavy (non-hydrogen) atoms. The smallest absolute Gasteiger partial charge is 0.161 e. The minimum Gasteiger partial charge on any atom is -0.227 e. The van der Waals surface area contributed by atoms with Gasteiger partial charge in [-0.1, -0.05) is 182 Å². The number of fused-ring (bicyclic) bond motifs is 6. The van der Waals surface area contributed by atoms with Crippen LogP contribution in [0.5, 0.6) is 0 Å². The Morgan fingerprint density at radius 1 is 0.235 bits per heavy atom. The molecule has 4 heterocycles. The van der Waals surface area contributed by atoms with E-state index in [-0.39, 0.29) is 0 Å². The van der Waals surface area contributed by atoms with Gasteiger partial charge < -0.3 is 0 Å². The summed E-state index contributed by atoms with van der Waals surface area (Å²) in [5, 5.41) is 4.53. The molecule has 0 fully saturated rings. The fourth-order valence-corrected chi connectivity index (χ4v) is 11.6. The number of hydrogen-bond donors (Lipinski definition) is 0. The summed E-state index contributed by atoms with van der Waals surface area (Å²) in [6, 6.07) is 81.9. The van der Waals surface area contributed by atoms with Gasteiger partial charge in [0.25, 0.3) is 0 Å².